The van der Waals surface area contributed by atoms with Crippen molar-refractivity contribution in [2.24, 2.45) is 0 Å². The molecule has 0 saturated carbocycles. The summed E-state index contributed by atoms with van der Waals surface area (Å²) in [7, 11) is 0. The highest BCUT2D eigenvalue weighted by molar-refractivity contribution is 5.18. The molecule has 0 unspecified atom stereocenters. The van der Waals surface area contributed by atoms with Crippen LogP contribution in [0.1, 0.15) is 0 Å². The van der Waals surface area contributed by atoms with Crippen molar-refractivity contribution in [2.75, 3.05) is 0 Å². The molecule has 2 aliphatic carbocycles. The Bertz CT molecular complexity index is 442. The standard InChI is InChI=1S/C8H4O2/c9-7-3-1-5-6(7)2-4-8(5)10/h1-4H. The molecule has 0 heterocycles. The molecule has 2 rings (SSSR count). The summed E-state index contributed by atoms with van der Waals surface area (Å²) in [5.41, 5.74) is -0.116. The van der Waals surface area contributed by atoms with Gasteiger partial charge in [-0.25, -0.2) is 0 Å². The highest BCUT2D eigenvalue weighted by atomic mass is 16.1. The van der Waals surface area contributed by atoms with Gasteiger partial charge in [-0.05, 0) is 24.3 Å². The topological polar surface area (TPSA) is 34.1 Å². The van der Waals surface area contributed by atoms with Crippen molar-refractivity contribution >= 4 is 0 Å². The molecule has 0 saturated heterocycles. The minimum absolute atomic E-state index is 0.0582. The van der Waals surface area contributed by atoms with Crippen LogP contribution in [0.25, 0.3) is 0 Å². The van der Waals surface area contributed by atoms with E-state index in [4.69, 9.17) is 0 Å². The van der Waals surface area contributed by atoms with E-state index in [9.17, 15) is 9.59 Å². The third kappa shape index (κ3) is 0.480. The normalized spacial score (nSPS) is 10.8. The van der Waals surface area contributed by atoms with E-state index in [0.29, 0.717) is 10.4 Å². The molecule has 0 fully saturated rings. The van der Waals surface area contributed by atoms with Crippen LogP contribution in [0, 0.1) is 10.4 Å². The van der Waals surface area contributed by atoms with Crippen LogP contribution in [0.5, 0.6) is 0 Å². The zero-order valence-electron chi connectivity index (χ0n) is 5.13. The van der Waals surface area contributed by atoms with Crippen LogP contribution in [0.2, 0.25) is 0 Å². The van der Waals surface area contributed by atoms with Crippen LogP contribution in [-0.2, 0) is 0 Å². The van der Waals surface area contributed by atoms with Crippen LogP contribution in [0.4, 0.5) is 0 Å². The third-order valence-electron chi connectivity index (χ3n) is 1.62. The van der Waals surface area contributed by atoms with Gasteiger partial charge in [-0.3, -0.25) is 9.59 Å². The second-order valence-electron chi connectivity index (χ2n) is 2.22. The maximum atomic E-state index is 10.9. The van der Waals surface area contributed by atoms with Gasteiger partial charge in [-0.15, -0.1) is 0 Å². The minimum Gasteiger partial charge on any atom is -0.289 e. The fourth-order valence-electron chi connectivity index (χ4n) is 1.11. The average Bonchev–Trinajstić information content (AvgIpc) is 2.41. The van der Waals surface area contributed by atoms with Crippen molar-refractivity contribution in [1.29, 1.82) is 0 Å². The average molecular weight is 132 g/mol. The summed E-state index contributed by atoms with van der Waals surface area (Å²) < 4.78 is 0. The Balaban J connectivity index is 3.37. The summed E-state index contributed by atoms with van der Waals surface area (Å²) in [6.45, 7) is 0. The molecule has 0 N–H and O–H groups in total. The van der Waals surface area contributed by atoms with E-state index < -0.39 is 0 Å². The summed E-state index contributed by atoms with van der Waals surface area (Å²) in [5, 5.41) is 1.09. The van der Waals surface area contributed by atoms with Crippen molar-refractivity contribution in [2.45, 2.75) is 0 Å². The lowest BCUT2D eigenvalue weighted by atomic mass is 10.4. The van der Waals surface area contributed by atoms with Crippen LogP contribution in [0.15, 0.2) is 33.9 Å². The molecule has 0 aromatic carbocycles. The predicted octanol–water partition coefficient (Wildman–Crippen LogP) is 0.00738. The summed E-state index contributed by atoms with van der Waals surface area (Å²) in [6, 6.07) is 5.98. The van der Waals surface area contributed by atoms with Crippen LogP contribution in [0.3, 0.4) is 0 Å². The fraction of sp³-hybridized carbons (Fsp3) is 0. The lowest BCUT2D eigenvalue weighted by Crippen LogP contribution is -1.92. The zero-order valence-corrected chi connectivity index (χ0v) is 5.13. The maximum Gasteiger partial charge on any atom is 0.186 e. The SMILES string of the molecule is O=c1ccc2c(=O)ccc1=2. The first-order valence-electron chi connectivity index (χ1n) is 2.98. The monoisotopic (exact) mass is 132 g/mol. The minimum atomic E-state index is -0.0582. The van der Waals surface area contributed by atoms with Gasteiger partial charge in [0.25, 0.3) is 0 Å². The predicted molar refractivity (Wildman–Crippen MR) is 36.7 cm³/mol. The smallest absolute Gasteiger partial charge is 0.186 e. The molecule has 10 heavy (non-hydrogen) atoms. The molecule has 0 aliphatic heterocycles. The Morgan fingerprint density at radius 2 is 1.10 bits per heavy atom. The van der Waals surface area contributed by atoms with E-state index in [1.807, 2.05) is 0 Å². The van der Waals surface area contributed by atoms with Crippen LogP contribution >= 0.6 is 0 Å². The van der Waals surface area contributed by atoms with Gasteiger partial charge in [0, 0.05) is 10.4 Å². The van der Waals surface area contributed by atoms with Gasteiger partial charge in [0.1, 0.15) is 0 Å². The number of hydrogen-bond donors (Lipinski definition) is 0. The highest BCUT2D eigenvalue weighted by Crippen LogP contribution is 1.88. The first kappa shape index (κ1) is 5.35. The van der Waals surface area contributed by atoms with E-state index in [0.717, 1.165) is 0 Å². The molecule has 0 radical (unpaired) electrons. The maximum absolute atomic E-state index is 10.9. The Morgan fingerprint density at radius 1 is 0.700 bits per heavy atom. The van der Waals surface area contributed by atoms with E-state index in [2.05, 4.69) is 0 Å². The van der Waals surface area contributed by atoms with E-state index in [1.54, 1.807) is 12.1 Å². The van der Waals surface area contributed by atoms with Gasteiger partial charge in [0.05, 0.1) is 0 Å². The van der Waals surface area contributed by atoms with E-state index in [1.165, 1.54) is 12.1 Å². The van der Waals surface area contributed by atoms with Gasteiger partial charge in [-0.1, -0.05) is 0 Å². The lowest BCUT2D eigenvalue weighted by molar-refractivity contribution is 1.58. The van der Waals surface area contributed by atoms with Crippen molar-refractivity contribution in [3.05, 3.63) is 55.1 Å². The molecule has 0 bridgehead atoms. The zero-order chi connectivity index (χ0) is 7.14. The number of rotatable bonds is 0. The quantitative estimate of drug-likeness (QED) is 0.506. The van der Waals surface area contributed by atoms with Gasteiger partial charge in [0.2, 0.25) is 0 Å². The summed E-state index contributed by atoms with van der Waals surface area (Å²) in [4.78, 5) is 21.7. The van der Waals surface area contributed by atoms with E-state index in [-0.39, 0.29) is 10.9 Å². The highest BCUT2D eigenvalue weighted by Gasteiger charge is 1.97. The Labute approximate surface area is 56.1 Å². The fourth-order valence-corrected chi connectivity index (χ4v) is 1.11. The summed E-state index contributed by atoms with van der Waals surface area (Å²) in [5.74, 6) is 0. The van der Waals surface area contributed by atoms with Gasteiger partial charge < -0.3 is 0 Å². The van der Waals surface area contributed by atoms with E-state index >= 15 is 0 Å². The molecule has 0 aromatic heterocycles. The molecule has 0 amide bonds. The summed E-state index contributed by atoms with van der Waals surface area (Å²) >= 11 is 0. The second kappa shape index (κ2) is 1.53. The molecule has 0 aromatic rings. The molecular weight excluding hydrogens is 128 g/mol. The van der Waals surface area contributed by atoms with Gasteiger partial charge in [-0.2, -0.15) is 0 Å². The third-order valence-corrected chi connectivity index (χ3v) is 1.62. The largest absolute Gasteiger partial charge is 0.289 e. The molecule has 2 nitrogen and oxygen atoms in total. The van der Waals surface area contributed by atoms with Gasteiger partial charge >= 0.3 is 0 Å². The Kier molecular flexibility index (Phi) is 0.822. The molecule has 48 valence electrons. The summed E-state index contributed by atoms with van der Waals surface area (Å²) in [6.07, 6.45) is 0. The van der Waals surface area contributed by atoms with Crippen LogP contribution < -0.4 is 10.9 Å². The van der Waals surface area contributed by atoms with Crippen molar-refractivity contribution in [3.8, 4) is 0 Å². The first-order chi connectivity index (χ1) is 4.79. The second-order valence-corrected chi connectivity index (χ2v) is 2.22. The Morgan fingerprint density at radius 3 is 1.50 bits per heavy atom. The van der Waals surface area contributed by atoms with Gasteiger partial charge in [0.15, 0.2) is 10.9 Å². The van der Waals surface area contributed by atoms with Crippen molar-refractivity contribution in [1.82, 2.24) is 0 Å². The molecular formula is C8H4O2. The number of hydrogen-bond acceptors (Lipinski definition) is 2. The lowest BCUT2D eigenvalue weighted by Gasteiger charge is -1.59. The first-order valence-corrected chi connectivity index (χ1v) is 2.98. The molecule has 2 heteroatoms. The molecule has 2 aliphatic rings. The molecule has 0 atom stereocenters. The van der Waals surface area contributed by atoms with Crippen molar-refractivity contribution in [3.63, 3.8) is 0 Å². The Hall–Kier alpha value is -1.44. The molecule has 0 spiro atoms. The van der Waals surface area contributed by atoms with Crippen molar-refractivity contribution < 1.29 is 0 Å². The van der Waals surface area contributed by atoms with Crippen LogP contribution in [-0.4, -0.2) is 0 Å².